The van der Waals surface area contributed by atoms with Crippen LogP contribution in [-0.4, -0.2) is 167 Å². The van der Waals surface area contributed by atoms with E-state index in [-0.39, 0.29) is 65.6 Å². The number of nitrogens with zero attached hydrogens (tertiary/aromatic N) is 13. The fourth-order valence-corrected chi connectivity index (χ4v) is 8.80. The van der Waals surface area contributed by atoms with Crippen LogP contribution in [-0.2, 0) is 28.3 Å². The minimum absolute atomic E-state index is 0.144. The summed E-state index contributed by atoms with van der Waals surface area (Å²) >= 11 is 0. The number of hydrogen-bond acceptors (Lipinski definition) is 19. The molecule has 0 radical (unpaired) electrons. The van der Waals surface area contributed by atoms with Gasteiger partial charge >= 0.3 is 0 Å². The van der Waals surface area contributed by atoms with E-state index in [4.69, 9.17) is 38.1 Å². The van der Waals surface area contributed by atoms with Gasteiger partial charge in [0.25, 0.3) is 0 Å². The van der Waals surface area contributed by atoms with Gasteiger partial charge in [-0.2, -0.15) is 10.2 Å². The smallest absolute Gasteiger partial charge is 0.191 e. The van der Waals surface area contributed by atoms with E-state index in [9.17, 15) is 0 Å². The van der Waals surface area contributed by atoms with Crippen molar-refractivity contribution in [2.75, 3.05) is 104 Å². The zero-order chi connectivity index (χ0) is 53.0. The molecule has 21 nitrogen and oxygen atoms in total. The molecular formula is C51H54F4N14O7. The second-order valence-corrected chi connectivity index (χ2v) is 18.0. The van der Waals surface area contributed by atoms with Crippen LogP contribution in [0.1, 0.15) is 0 Å². The van der Waals surface area contributed by atoms with Crippen molar-refractivity contribution in [3.8, 4) is 45.5 Å². The molecule has 3 saturated heterocycles. The fourth-order valence-electron chi connectivity index (χ4n) is 8.80. The number of aromatic nitrogens is 10. The first-order chi connectivity index (χ1) is 36.9. The summed E-state index contributed by atoms with van der Waals surface area (Å²) < 4.78 is 103. The topological polar surface area (TPSA) is 199 Å². The van der Waals surface area contributed by atoms with Crippen molar-refractivity contribution in [2.24, 2.45) is 14.1 Å². The first-order valence-electron chi connectivity index (χ1n) is 24.2. The van der Waals surface area contributed by atoms with Crippen LogP contribution in [0, 0.1) is 23.3 Å². The van der Waals surface area contributed by atoms with E-state index in [1.807, 2.05) is 26.5 Å². The standard InChI is InChI=1S/C27H29F2N7O4.C24H25F2N7O3/c1-34-11-16(9-31-34)20-10-30-19-4-5-23(33-27(19)32-20)36(7-6-35(17-12-39-13-17)18-14-40-15-18)26-24(28)21(37-2)8-22(38-3)25(26)29;1-32-11-14(9-29-32)17-10-28-16-4-5-20(31-24(16)30-17)33(7-6-27-15-12-36-13-15)23-21(25)18(34-2)8-19(35-3)22(23)26/h4-5,8-11,17-18H,6-7,12-15H2,1-3H3;4-5,8-11,15,27H,6-7,12-13H2,1-3H3. The van der Waals surface area contributed by atoms with Crippen molar-refractivity contribution in [3.05, 3.63) is 96.8 Å². The Morgan fingerprint density at radius 2 is 0.974 bits per heavy atom. The Hall–Kier alpha value is -7.84. The lowest BCUT2D eigenvalue weighted by atomic mass is 10.1. The molecule has 398 valence electrons. The van der Waals surface area contributed by atoms with Crippen molar-refractivity contribution in [3.63, 3.8) is 0 Å². The zero-order valence-electron chi connectivity index (χ0n) is 42.4. The van der Waals surface area contributed by atoms with Crippen molar-refractivity contribution in [1.82, 2.24) is 59.7 Å². The molecule has 3 aliphatic rings. The Bertz CT molecular complexity index is 3290. The van der Waals surface area contributed by atoms with Gasteiger partial charge in [0.15, 0.2) is 57.6 Å². The molecule has 2 aromatic carbocycles. The van der Waals surface area contributed by atoms with Crippen LogP contribution in [0.15, 0.2) is 73.6 Å². The molecular weight excluding hydrogens is 997 g/mol. The van der Waals surface area contributed by atoms with E-state index in [2.05, 4.69) is 45.3 Å². The van der Waals surface area contributed by atoms with E-state index in [1.54, 1.807) is 58.4 Å². The summed E-state index contributed by atoms with van der Waals surface area (Å²) in [4.78, 5) is 32.8. The summed E-state index contributed by atoms with van der Waals surface area (Å²) in [6.07, 6.45) is 10.3. The predicted octanol–water partition coefficient (Wildman–Crippen LogP) is 5.81. The van der Waals surface area contributed by atoms with Gasteiger partial charge in [0, 0.05) is 75.9 Å². The summed E-state index contributed by atoms with van der Waals surface area (Å²) in [5, 5.41) is 11.7. The van der Waals surface area contributed by atoms with Gasteiger partial charge in [-0.25, -0.2) is 37.5 Å². The monoisotopic (exact) mass is 1050 g/mol. The second-order valence-electron chi connectivity index (χ2n) is 18.0. The van der Waals surface area contributed by atoms with Crippen molar-refractivity contribution in [1.29, 1.82) is 0 Å². The number of rotatable bonds is 19. The summed E-state index contributed by atoms with van der Waals surface area (Å²) in [6.45, 7) is 4.93. The minimum atomic E-state index is -0.861. The van der Waals surface area contributed by atoms with Gasteiger partial charge in [0.05, 0.1) is 122 Å². The first-order valence-corrected chi connectivity index (χ1v) is 24.2. The molecule has 11 rings (SSSR count). The highest BCUT2D eigenvalue weighted by molar-refractivity contribution is 5.79. The minimum Gasteiger partial charge on any atom is -0.493 e. The molecule has 6 aromatic heterocycles. The van der Waals surface area contributed by atoms with E-state index in [1.165, 1.54) is 50.4 Å². The van der Waals surface area contributed by atoms with E-state index >= 15 is 17.6 Å². The largest absolute Gasteiger partial charge is 0.493 e. The van der Waals surface area contributed by atoms with Crippen LogP contribution in [0.3, 0.4) is 0 Å². The molecule has 0 aliphatic carbocycles. The third-order valence-corrected chi connectivity index (χ3v) is 13.1. The molecule has 76 heavy (non-hydrogen) atoms. The van der Waals surface area contributed by atoms with Crippen LogP contribution in [0.25, 0.3) is 44.8 Å². The highest BCUT2D eigenvalue weighted by atomic mass is 19.1. The van der Waals surface area contributed by atoms with Crippen molar-refractivity contribution < 1.29 is 50.7 Å². The zero-order valence-corrected chi connectivity index (χ0v) is 42.4. The average Bonchev–Trinajstić information content (AvgIpc) is 4.06. The number of methoxy groups -OCH3 is 4. The van der Waals surface area contributed by atoms with Gasteiger partial charge < -0.3 is 48.3 Å². The molecule has 3 aliphatic heterocycles. The molecule has 25 heteroatoms. The number of fused-ring (bicyclic) bond motifs is 2. The summed E-state index contributed by atoms with van der Waals surface area (Å²) in [5.74, 6) is -3.43. The van der Waals surface area contributed by atoms with Gasteiger partial charge in [-0.1, -0.05) is 0 Å². The number of pyridine rings is 2. The fraction of sp³-hybridized carbons (Fsp3) is 0.373. The second kappa shape index (κ2) is 22.6. The van der Waals surface area contributed by atoms with Gasteiger partial charge in [-0.3, -0.25) is 24.2 Å². The third-order valence-electron chi connectivity index (χ3n) is 13.1. The SMILES string of the molecule is COc1cc(OC)c(F)c(N(CCN(C2COC2)C2COC2)c2ccc3ncc(-c4cnn(C)c4)nc3n2)c1F.COc1cc(OC)c(F)c(N(CCNC2COC2)c2ccc3ncc(-c4cnn(C)c4)nc3n2)c1F. The number of hydrogen-bond donors (Lipinski definition) is 1. The number of nitrogens with one attached hydrogen (secondary N) is 1. The van der Waals surface area contributed by atoms with E-state index in [0.717, 1.165) is 11.1 Å². The molecule has 0 spiro atoms. The third kappa shape index (κ3) is 10.6. The van der Waals surface area contributed by atoms with Crippen LogP contribution in [0.5, 0.6) is 23.0 Å². The maximum absolute atomic E-state index is 15.8. The summed E-state index contributed by atoms with van der Waals surface area (Å²) in [5.41, 5.74) is 3.80. The Morgan fingerprint density at radius 3 is 1.33 bits per heavy atom. The van der Waals surface area contributed by atoms with Crippen molar-refractivity contribution in [2.45, 2.75) is 18.1 Å². The van der Waals surface area contributed by atoms with Crippen LogP contribution in [0.4, 0.5) is 40.6 Å². The van der Waals surface area contributed by atoms with Crippen molar-refractivity contribution >= 4 is 45.3 Å². The molecule has 0 unspecified atom stereocenters. The van der Waals surface area contributed by atoms with Crippen LogP contribution >= 0.6 is 0 Å². The average molecular weight is 1050 g/mol. The van der Waals surface area contributed by atoms with Crippen LogP contribution in [0.2, 0.25) is 0 Å². The molecule has 8 aromatic rings. The predicted molar refractivity (Wildman–Crippen MR) is 271 cm³/mol. The highest BCUT2D eigenvalue weighted by Crippen LogP contribution is 2.42. The Morgan fingerprint density at radius 1 is 0.553 bits per heavy atom. The highest BCUT2D eigenvalue weighted by Gasteiger charge is 2.37. The number of aryl methyl sites for hydroxylation is 2. The molecule has 0 amide bonds. The molecule has 0 bridgehead atoms. The van der Waals surface area contributed by atoms with Crippen LogP contribution < -0.4 is 34.1 Å². The Balaban J connectivity index is 0.000000174. The first kappa shape index (κ1) is 51.6. The maximum atomic E-state index is 15.8. The van der Waals surface area contributed by atoms with Gasteiger partial charge in [-0.15, -0.1) is 0 Å². The van der Waals surface area contributed by atoms with E-state index in [0.29, 0.717) is 98.1 Å². The molecule has 3 fully saturated rings. The molecule has 0 atom stereocenters. The normalized spacial score (nSPS) is 14.7. The van der Waals surface area contributed by atoms with Gasteiger partial charge in [0.2, 0.25) is 0 Å². The number of anilines is 4. The van der Waals surface area contributed by atoms with Gasteiger partial charge in [0.1, 0.15) is 34.0 Å². The number of halogens is 4. The molecule has 0 saturated carbocycles. The Labute approximate surface area is 433 Å². The van der Waals surface area contributed by atoms with E-state index < -0.39 is 23.3 Å². The van der Waals surface area contributed by atoms with Gasteiger partial charge in [-0.05, 0) is 24.3 Å². The lowest BCUT2D eigenvalue weighted by molar-refractivity contribution is -0.136. The summed E-state index contributed by atoms with van der Waals surface area (Å²) in [7, 11) is 8.89. The lowest BCUT2D eigenvalue weighted by Crippen LogP contribution is -2.60. The number of ether oxygens (including phenoxy) is 7. The molecule has 9 heterocycles. The number of benzene rings is 2. The quantitative estimate of drug-likeness (QED) is 0.0952. The Kier molecular flexibility index (Phi) is 15.3. The maximum Gasteiger partial charge on any atom is 0.191 e. The molecule has 1 N–H and O–H groups in total. The summed E-state index contributed by atoms with van der Waals surface area (Å²) in [6, 6.07) is 9.75. The lowest BCUT2D eigenvalue weighted by Gasteiger charge is -2.46.